The minimum atomic E-state index is -0.862. The third-order valence-corrected chi connectivity index (χ3v) is 3.36. The highest BCUT2D eigenvalue weighted by atomic mass is 16.4. The first-order chi connectivity index (χ1) is 8.06. The van der Waals surface area contributed by atoms with Crippen LogP contribution in [0.2, 0.25) is 0 Å². The van der Waals surface area contributed by atoms with Gasteiger partial charge in [-0.05, 0) is 24.5 Å². The zero-order valence-corrected chi connectivity index (χ0v) is 10.7. The Morgan fingerprint density at radius 3 is 2.59 bits per heavy atom. The number of benzene rings is 1. The molecule has 0 aliphatic rings. The lowest BCUT2D eigenvalue weighted by Gasteiger charge is -2.20. The second kappa shape index (κ2) is 6.40. The summed E-state index contributed by atoms with van der Waals surface area (Å²) in [5, 5.41) is 12.4. The van der Waals surface area contributed by atoms with Gasteiger partial charge in [-0.3, -0.25) is 0 Å². The Balaban J connectivity index is 2.66. The second-order valence-electron chi connectivity index (χ2n) is 4.52. The van der Waals surface area contributed by atoms with Gasteiger partial charge in [0.05, 0.1) is 5.56 Å². The van der Waals surface area contributed by atoms with Crippen LogP contribution in [0, 0.1) is 5.92 Å². The lowest BCUT2D eigenvalue weighted by molar-refractivity contribution is 0.0695. The van der Waals surface area contributed by atoms with Crippen LogP contribution in [0.3, 0.4) is 0 Å². The van der Waals surface area contributed by atoms with Crippen molar-refractivity contribution in [3.8, 4) is 0 Å². The van der Waals surface area contributed by atoms with Gasteiger partial charge in [0.25, 0.3) is 0 Å². The van der Waals surface area contributed by atoms with Crippen molar-refractivity contribution in [2.75, 3.05) is 0 Å². The largest absolute Gasteiger partial charge is 0.478 e. The summed E-state index contributed by atoms with van der Waals surface area (Å²) in [4.78, 5) is 11.0. The molecule has 0 bridgehead atoms. The molecule has 2 N–H and O–H groups in total. The lowest BCUT2D eigenvalue weighted by Crippen LogP contribution is -2.31. The van der Waals surface area contributed by atoms with Crippen LogP contribution in [0.25, 0.3) is 0 Å². The number of hydrogen-bond donors (Lipinski definition) is 2. The van der Waals surface area contributed by atoms with Crippen molar-refractivity contribution in [1.82, 2.24) is 5.32 Å². The van der Waals surface area contributed by atoms with Crippen LogP contribution in [0.1, 0.15) is 43.1 Å². The van der Waals surface area contributed by atoms with E-state index in [1.54, 1.807) is 12.1 Å². The van der Waals surface area contributed by atoms with E-state index in [9.17, 15) is 4.79 Å². The van der Waals surface area contributed by atoms with Crippen LogP contribution >= 0.6 is 0 Å². The van der Waals surface area contributed by atoms with Crippen molar-refractivity contribution in [3.63, 3.8) is 0 Å². The van der Waals surface area contributed by atoms with Gasteiger partial charge in [-0.15, -0.1) is 0 Å². The highest BCUT2D eigenvalue weighted by molar-refractivity contribution is 5.89. The number of nitrogens with one attached hydrogen (secondary N) is 1. The van der Waals surface area contributed by atoms with Crippen LogP contribution in [-0.4, -0.2) is 17.1 Å². The fourth-order valence-corrected chi connectivity index (χ4v) is 1.71. The molecule has 17 heavy (non-hydrogen) atoms. The third kappa shape index (κ3) is 3.86. The molecule has 3 heteroatoms. The molecule has 0 aliphatic carbocycles. The topological polar surface area (TPSA) is 49.3 Å². The smallest absolute Gasteiger partial charge is 0.336 e. The quantitative estimate of drug-likeness (QED) is 0.797. The van der Waals surface area contributed by atoms with E-state index in [1.165, 1.54) is 0 Å². The number of aromatic carboxylic acids is 1. The van der Waals surface area contributed by atoms with E-state index in [2.05, 4.69) is 26.1 Å². The molecule has 0 aromatic heterocycles. The summed E-state index contributed by atoms with van der Waals surface area (Å²) >= 11 is 0. The predicted molar refractivity (Wildman–Crippen MR) is 69.2 cm³/mol. The predicted octanol–water partition coefficient (Wildman–Crippen LogP) is 2.91. The maximum absolute atomic E-state index is 11.0. The van der Waals surface area contributed by atoms with Crippen LogP contribution in [0.15, 0.2) is 24.3 Å². The molecule has 0 amide bonds. The van der Waals surface area contributed by atoms with Gasteiger partial charge in [0.2, 0.25) is 0 Å². The summed E-state index contributed by atoms with van der Waals surface area (Å²) in [5.41, 5.74) is 1.23. The second-order valence-corrected chi connectivity index (χ2v) is 4.52. The fourth-order valence-electron chi connectivity index (χ4n) is 1.71. The molecule has 1 rings (SSSR count). The molecular formula is C14H21NO2. The summed E-state index contributed by atoms with van der Waals surface area (Å²) in [6.45, 7) is 7.10. The molecule has 2 atom stereocenters. The fraction of sp³-hybridized carbons (Fsp3) is 0.500. The van der Waals surface area contributed by atoms with Gasteiger partial charge in [0.15, 0.2) is 0 Å². The Morgan fingerprint density at radius 1 is 1.35 bits per heavy atom. The molecule has 3 nitrogen and oxygen atoms in total. The third-order valence-electron chi connectivity index (χ3n) is 3.36. The van der Waals surface area contributed by atoms with Gasteiger partial charge in [-0.25, -0.2) is 4.79 Å². The molecule has 0 radical (unpaired) electrons. The summed E-state index contributed by atoms with van der Waals surface area (Å²) in [7, 11) is 0. The summed E-state index contributed by atoms with van der Waals surface area (Å²) in [6, 6.07) is 7.52. The Hall–Kier alpha value is -1.35. The molecular weight excluding hydrogens is 214 g/mol. The summed E-state index contributed by atoms with van der Waals surface area (Å²) < 4.78 is 0. The zero-order valence-electron chi connectivity index (χ0n) is 10.7. The highest BCUT2D eigenvalue weighted by Gasteiger charge is 2.12. The van der Waals surface area contributed by atoms with Gasteiger partial charge in [0.1, 0.15) is 0 Å². The zero-order chi connectivity index (χ0) is 12.8. The SMILES string of the molecule is CCC(C)C(C)NCc1ccccc1C(=O)O. The monoisotopic (exact) mass is 235 g/mol. The number of hydrogen-bond acceptors (Lipinski definition) is 2. The van der Waals surface area contributed by atoms with E-state index < -0.39 is 5.97 Å². The van der Waals surface area contributed by atoms with E-state index in [-0.39, 0.29) is 0 Å². The van der Waals surface area contributed by atoms with E-state index in [1.807, 2.05) is 12.1 Å². The standard InChI is InChI=1S/C14H21NO2/c1-4-10(2)11(3)15-9-12-7-5-6-8-13(12)14(16)17/h5-8,10-11,15H,4,9H2,1-3H3,(H,16,17). The van der Waals surface area contributed by atoms with E-state index in [0.29, 0.717) is 24.1 Å². The van der Waals surface area contributed by atoms with Crippen LogP contribution in [0.4, 0.5) is 0 Å². The Bertz CT molecular complexity index is 376. The van der Waals surface area contributed by atoms with Crippen molar-refractivity contribution >= 4 is 5.97 Å². The summed E-state index contributed by atoms with van der Waals surface area (Å²) in [6.07, 6.45) is 1.12. The normalized spacial score (nSPS) is 14.3. The number of carboxylic acids is 1. The molecule has 0 saturated heterocycles. The van der Waals surface area contributed by atoms with Crippen LogP contribution in [-0.2, 0) is 6.54 Å². The van der Waals surface area contributed by atoms with Gasteiger partial charge in [-0.2, -0.15) is 0 Å². The van der Waals surface area contributed by atoms with E-state index in [0.717, 1.165) is 12.0 Å². The van der Waals surface area contributed by atoms with Gasteiger partial charge >= 0.3 is 5.97 Å². The number of rotatable bonds is 6. The molecule has 94 valence electrons. The molecule has 1 aromatic carbocycles. The highest BCUT2D eigenvalue weighted by Crippen LogP contribution is 2.11. The lowest BCUT2D eigenvalue weighted by atomic mass is 10.00. The van der Waals surface area contributed by atoms with Crippen molar-refractivity contribution in [2.45, 2.75) is 39.8 Å². The molecule has 2 unspecified atom stereocenters. The molecule has 0 fully saturated rings. The van der Waals surface area contributed by atoms with Crippen molar-refractivity contribution in [1.29, 1.82) is 0 Å². The van der Waals surface area contributed by atoms with Crippen molar-refractivity contribution < 1.29 is 9.90 Å². The van der Waals surface area contributed by atoms with Crippen LogP contribution in [0.5, 0.6) is 0 Å². The minimum Gasteiger partial charge on any atom is -0.478 e. The van der Waals surface area contributed by atoms with E-state index >= 15 is 0 Å². The Labute approximate surface area is 103 Å². The first-order valence-corrected chi connectivity index (χ1v) is 6.10. The van der Waals surface area contributed by atoms with Gasteiger partial charge < -0.3 is 10.4 Å². The maximum Gasteiger partial charge on any atom is 0.336 e. The molecule has 0 spiro atoms. The Morgan fingerprint density at radius 2 is 2.00 bits per heavy atom. The molecule has 1 aromatic rings. The average molecular weight is 235 g/mol. The average Bonchev–Trinajstić information content (AvgIpc) is 2.35. The minimum absolute atomic E-state index is 0.386. The summed E-state index contributed by atoms with van der Waals surface area (Å²) in [5.74, 6) is -0.273. The van der Waals surface area contributed by atoms with Crippen molar-refractivity contribution in [3.05, 3.63) is 35.4 Å². The Kier molecular flexibility index (Phi) is 5.16. The first kappa shape index (κ1) is 13.7. The van der Waals surface area contributed by atoms with E-state index in [4.69, 9.17) is 5.11 Å². The molecule has 0 heterocycles. The van der Waals surface area contributed by atoms with Crippen LogP contribution < -0.4 is 5.32 Å². The number of carbonyl (C=O) groups is 1. The van der Waals surface area contributed by atoms with Gasteiger partial charge in [-0.1, -0.05) is 38.5 Å². The molecule has 0 saturated carbocycles. The molecule has 0 aliphatic heterocycles. The maximum atomic E-state index is 11.0. The first-order valence-electron chi connectivity index (χ1n) is 6.10. The number of carboxylic acid groups (broad SMARTS) is 1. The van der Waals surface area contributed by atoms with Gasteiger partial charge in [0, 0.05) is 12.6 Å². The van der Waals surface area contributed by atoms with Crippen molar-refractivity contribution in [2.24, 2.45) is 5.92 Å².